The molecule has 0 rings (SSSR count). The van der Waals surface area contributed by atoms with Crippen LogP contribution in [0.3, 0.4) is 0 Å². The summed E-state index contributed by atoms with van der Waals surface area (Å²) in [5, 5.41) is 0. The number of rotatable bonds is 4. The fraction of sp³-hybridized carbons (Fsp3) is 1.00. The lowest BCUT2D eigenvalue weighted by atomic mass is 10.3. The number of hydrogen-bond donors (Lipinski definition) is 1. The van der Waals surface area contributed by atoms with Gasteiger partial charge in [-0.05, 0) is 6.92 Å². The second kappa shape index (κ2) is 3.91. The predicted molar refractivity (Wildman–Crippen MR) is 51.1 cm³/mol. The van der Waals surface area contributed by atoms with Crippen molar-refractivity contribution in [3.63, 3.8) is 0 Å². The van der Waals surface area contributed by atoms with Crippen LogP contribution in [0.2, 0.25) is 0 Å². The first-order valence-corrected chi connectivity index (χ1v) is 4.76. The molecule has 1 unspecified atom stereocenters. The molecule has 5 heteroatoms. The summed E-state index contributed by atoms with van der Waals surface area (Å²) >= 11 is 4.32. The fourth-order valence-corrected chi connectivity index (χ4v) is 1.24. The fourth-order valence-electron chi connectivity index (χ4n) is 0.647. The number of ether oxygens (including phenoxy) is 3. The molecule has 0 aromatic rings. The molecule has 68 valence electrons. The lowest BCUT2D eigenvalue weighted by Crippen LogP contribution is -2.52. The third-order valence-corrected chi connectivity index (χ3v) is 3.92. The van der Waals surface area contributed by atoms with Crippen molar-refractivity contribution in [1.29, 1.82) is 0 Å². The molecule has 0 spiro atoms. The molecule has 0 bridgehead atoms. The average Bonchev–Trinajstić information content (AvgIpc) is 2.02. The van der Waals surface area contributed by atoms with E-state index in [-0.39, 0.29) is 0 Å². The van der Waals surface area contributed by atoms with Crippen molar-refractivity contribution in [3.05, 3.63) is 0 Å². The van der Waals surface area contributed by atoms with Crippen LogP contribution in [0.1, 0.15) is 6.92 Å². The minimum absolute atomic E-state index is 0.615. The second-order valence-corrected chi connectivity index (χ2v) is 5.64. The van der Waals surface area contributed by atoms with Crippen molar-refractivity contribution in [2.24, 2.45) is 0 Å². The summed E-state index contributed by atoms with van der Waals surface area (Å²) in [6.45, 7) is 1.80. The van der Waals surface area contributed by atoms with Crippen LogP contribution in [0.5, 0.6) is 0 Å². The van der Waals surface area contributed by atoms with Gasteiger partial charge in [0.05, 0.1) is 10.2 Å². The summed E-state index contributed by atoms with van der Waals surface area (Å²) in [5.41, 5.74) is 0. The highest BCUT2D eigenvalue weighted by Crippen LogP contribution is 2.29. The van der Waals surface area contributed by atoms with Crippen molar-refractivity contribution in [1.82, 2.24) is 0 Å². The molecule has 0 N–H and O–H groups in total. The third kappa shape index (κ3) is 2.19. The van der Waals surface area contributed by atoms with E-state index in [1.807, 2.05) is 0 Å². The molecule has 0 aromatic carbocycles. The Bertz CT molecular complexity index is 125. The molecular formula is C6H16O3SSi. The van der Waals surface area contributed by atoms with Crippen LogP contribution in [0.15, 0.2) is 0 Å². The molecule has 0 aliphatic rings. The minimum atomic E-state index is -0.767. The topological polar surface area (TPSA) is 27.7 Å². The first kappa shape index (κ1) is 11.4. The van der Waals surface area contributed by atoms with Crippen molar-refractivity contribution in [3.8, 4) is 0 Å². The van der Waals surface area contributed by atoms with E-state index < -0.39 is 10.3 Å². The summed E-state index contributed by atoms with van der Waals surface area (Å²) in [6.07, 6.45) is 0. The molecular weight excluding hydrogens is 180 g/mol. The Morgan fingerprint density at radius 3 is 1.55 bits per heavy atom. The zero-order chi connectivity index (χ0) is 9.12. The van der Waals surface area contributed by atoms with Gasteiger partial charge in [-0.3, -0.25) is 0 Å². The first-order valence-electron chi connectivity index (χ1n) is 3.31. The largest absolute Gasteiger partial charge is 0.367 e. The third-order valence-electron chi connectivity index (χ3n) is 2.02. The van der Waals surface area contributed by atoms with Gasteiger partial charge in [0, 0.05) is 21.3 Å². The molecule has 0 saturated carbocycles. The first-order chi connectivity index (χ1) is 4.93. The Kier molecular flexibility index (Phi) is 4.07. The van der Waals surface area contributed by atoms with Crippen molar-refractivity contribution < 1.29 is 14.2 Å². The standard InChI is InChI=1S/C6H16O3SSi/c1-5(7-2,8-3)6(10,11)9-4/h10H,1-4,11H3. The molecule has 0 amide bonds. The van der Waals surface area contributed by atoms with Crippen LogP contribution in [0.4, 0.5) is 0 Å². The zero-order valence-electron chi connectivity index (χ0n) is 7.67. The van der Waals surface area contributed by atoms with Gasteiger partial charge in [-0.25, -0.2) is 0 Å². The summed E-state index contributed by atoms with van der Waals surface area (Å²) in [6, 6.07) is 0. The Morgan fingerprint density at radius 2 is 1.45 bits per heavy atom. The van der Waals surface area contributed by atoms with E-state index in [1.54, 1.807) is 28.3 Å². The summed E-state index contributed by atoms with van der Waals surface area (Å²) in [5.74, 6) is -0.767. The molecule has 0 radical (unpaired) electrons. The van der Waals surface area contributed by atoms with E-state index >= 15 is 0 Å². The zero-order valence-corrected chi connectivity index (χ0v) is 10.6. The monoisotopic (exact) mass is 196 g/mol. The quantitative estimate of drug-likeness (QED) is 0.376. The van der Waals surface area contributed by atoms with Crippen molar-refractivity contribution >= 4 is 22.9 Å². The molecule has 0 saturated heterocycles. The van der Waals surface area contributed by atoms with E-state index in [0.717, 1.165) is 10.2 Å². The van der Waals surface area contributed by atoms with Crippen LogP contribution < -0.4 is 0 Å². The Hall–Kier alpha value is 0.447. The van der Waals surface area contributed by atoms with Gasteiger partial charge >= 0.3 is 0 Å². The number of thiol groups is 1. The summed E-state index contributed by atoms with van der Waals surface area (Å²) < 4.78 is 14.9. The van der Waals surface area contributed by atoms with Crippen LogP contribution in [-0.4, -0.2) is 41.9 Å². The van der Waals surface area contributed by atoms with E-state index in [2.05, 4.69) is 12.6 Å². The van der Waals surface area contributed by atoms with E-state index in [1.165, 1.54) is 0 Å². The maximum absolute atomic E-state index is 5.16. The van der Waals surface area contributed by atoms with Gasteiger partial charge in [0.2, 0.25) is 0 Å². The van der Waals surface area contributed by atoms with Gasteiger partial charge in [0.25, 0.3) is 0 Å². The normalized spacial score (nSPS) is 18.3. The van der Waals surface area contributed by atoms with Gasteiger partial charge < -0.3 is 14.2 Å². The second-order valence-electron chi connectivity index (χ2n) is 2.54. The highest BCUT2D eigenvalue weighted by Gasteiger charge is 2.42. The van der Waals surface area contributed by atoms with Gasteiger partial charge in [-0.1, -0.05) is 0 Å². The van der Waals surface area contributed by atoms with Crippen LogP contribution in [0, 0.1) is 0 Å². The average molecular weight is 196 g/mol. The van der Waals surface area contributed by atoms with E-state index in [9.17, 15) is 0 Å². The highest BCUT2D eigenvalue weighted by atomic mass is 32.1. The highest BCUT2D eigenvalue weighted by molar-refractivity contribution is 7.83. The Labute approximate surface area is 76.2 Å². The van der Waals surface area contributed by atoms with Gasteiger partial charge in [-0.15, -0.1) is 12.6 Å². The van der Waals surface area contributed by atoms with Crippen LogP contribution in [0.25, 0.3) is 0 Å². The lowest BCUT2D eigenvalue weighted by Gasteiger charge is -2.39. The maximum atomic E-state index is 5.16. The molecule has 3 nitrogen and oxygen atoms in total. The van der Waals surface area contributed by atoms with Gasteiger partial charge in [0.1, 0.15) is 4.56 Å². The minimum Gasteiger partial charge on any atom is -0.367 e. The molecule has 0 heterocycles. The van der Waals surface area contributed by atoms with Crippen LogP contribution >= 0.6 is 12.6 Å². The summed E-state index contributed by atoms with van der Waals surface area (Å²) in [7, 11) is 5.46. The van der Waals surface area contributed by atoms with Crippen molar-refractivity contribution in [2.75, 3.05) is 21.3 Å². The molecule has 11 heavy (non-hydrogen) atoms. The number of hydrogen-bond acceptors (Lipinski definition) is 4. The van der Waals surface area contributed by atoms with Gasteiger partial charge in [-0.2, -0.15) is 0 Å². The molecule has 0 aliphatic carbocycles. The van der Waals surface area contributed by atoms with Crippen molar-refractivity contribution in [2.45, 2.75) is 17.3 Å². The Morgan fingerprint density at radius 1 is 1.09 bits per heavy atom. The molecule has 0 aliphatic heterocycles. The Balaban J connectivity index is 4.47. The molecule has 1 atom stereocenters. The van der Waals surface area contributed by atoms with E-state index in [4.69, 9.17) is 14.2 Å². The van der Waals surface area contributed by atoms with Crippen LogP contribution in [-0.2, 0) is 14.2 Å². The smallest absolute Gasteiger partial charge is 0.199 e. The lowest BCUT2D eigenvalue weighted by molar-refractivity contribution is -0.242. The predicted octanol–water partition coefficient (Wildman–Crippen LogP) is -0.409. The van der Waals surface area contributed by atoms with Gasteiger partial charge in [0.15, 0.2) is 5.79 Å². The SMILES string of the molecule is COC([SiH3])(S)C(C)(OC)OC. The number of methoxy groups -OCH3 is 3. The summed E-state index contributed by atoms with van der Waals surface area (Å²) in [4.78, 5) is 0. The van der Waals surface area contributed by atoms with E-state index in [0.29, 0.717) is 0 Å². The maximum Gasteiger partial charge on any atom is 0.199 e. The molecule has 0 aromatic heterocycles. The molecule has 0 fully saturated rings.